The monoisotopic (exact) mass is 540 g/mol. The average Bonchev–Trinajstić information content (AvgIpc) is 3.64. The third-order valence-corrected chi connectivity index (χ3v) is 7.78. The van der Waals surface area contributed by atoms with Crippen LogP contribution in [0.15, 0.2) is 130 Å². The summed E-state index contributed by atoms with van der Waals surface area (Å²) in [5.41, 5.74) is 6.50. The van der Waals surface area contributed by atoms with Crippen LogP contribution in [-0.4, -0.2) is 19.9 Å². The third-order valence-electron chi connectivity index (χ3n) is 7.78. The molecule has 9 aromatic rings. The number of hydrogen-bond donors (Lipinski definition) is 0. The van der Waals surface area contributed by atoms with Crippen molar-refractivity contribution in [1.29, 1.82) is 0 Å². The second kappa shape index (κ2) is 8.81. The highest BCUT2D eigenvalue weighted by atomic mass is 16.3. The zero-order valence-electron chi connectivity index (χ0n) is 22.2. The fraction of sp³-hybridized carbons (Fsp3) is 0. The van der Waals surface area contributed by atoms with Gasteiger partial charge in [0.1, 0.15) is 22.3 Å². The van der Waals surface area contributed by atoms with E-state index >= 15 is 0 Å². The van der Waals surface area contributed by atoms with E-state index in [9.17, 15) is 0 Å². The number of nitrogens with zero attached hydrogens (tertiary/aromatic N) is 4. The maximum Gasteiger partial charge on any atom is 0.164 e. The minimum Gasteiger partial charge on any atom is -0.456 e. The van der Waals surface area contributed by atoms with Gasteiger partial charge in [0.25, 0.3) is 0 Å². The molecule has 6 nitrogen and oxygen atoms in total. The van der Waals surface area contributed by atoms with E-state index in [1.165, 1.54) is 0 Å². The summed E-state index contributed by atoms with van der Waals surface area (Å²) < 4.78 is 12.6. The van der Waals surface area contributed by atoms with E-state index < -0.39 is 0 Å². The zero-order chi connectivity index (χ0) is 27.6. The van der Waals surface area contributed by atoms with Crippen molar-refractivity contribution in [2.24, 2.45) is 0 Å². The Morgan fingerprint density at radius 3 is 1.88 bits per heavy atom. The van der Waals surface area contributed by atoms with Crippen LogP contribution in [0.2, 0.25) is 0 Å². The van der Waals surface area contributed by atoms with E-state index in [1.807, 2.05) is 109 Å². The van der Waals surface area contributed by atoms with Crippen molar-refractivity contribution in [3.05, 3.63) is 121 Å². The molecule has 0 bridgehead atoms. The van der Waals surface area contributed by atoms with Gasteiger partial charge in [-0.2, -0.15) is 0 Å². The molecule has 0 fully saturated rings. The molecule has 5 aromatic carbocycles. The van der Waals surface area contributed by atoms with Crippen molar-refractivity contribution in [1.82, 2.24) is 19.9 Å². The molecule has 0 aliphatic carbocycles. The number of furan rings is 2. The lowest BCUT2D eigenvalue weighted by Crippen LogP contribution is -2.00. The number of benzene rings is 5. The molecule has 42 heavy (non-hydrogen) atoms. The minimum atomic E-state index is 0.548. The minimum absolute atomic E-state index is 0.548. The molecule has 0 N–H and O–H groups in total. The molecular formula is C36H20N4O2. The molecule has 0 aliphatic rings. The van der Waals surface area contributed by atoms with Gasteiger partial charge in [0.15, 0.2) is 23.1 Å². The van der Waals surface area contributed by atoms with Crippen LogP contribution < -0.4 is 0 Å². The molecule has 4 heterocycles. The molecule has 196 valence electrons. The summed E-state index contributed by atoms with van der Waals surface area (Å²) in [5.74, 6) is 1.70. The second-order valence-corrected chi connectivity index (χ2v) is 10.3. The fourth-order valence-electron chi connectivity index (χ4n) is 5.87. The van der Waals surface area contributed by atoms with Crippen LogP contribution in [0.3, 0.4) is 0 Å². The van der Waals surface area contributed by atoms with E-state index in [-0.39, 0.29) is 0 Å². The van der Waals surface area contributed by atoms with E-state index in [2.05, 4.69) is 12.1 Å². The second-order valence-electron chi connectivity index (χ2n) is 10.3. The lowest BCUT2D eigenvalue weighted by atomic mass is 10.0. The summed E-state index contributed by atoms with van der Waals surface area (Å²) in [6.07, 6.45) is 1.89. The van der Waals surface area contributed by atoms with Gasteiger partial charge in [0.05, 0.1) is 5.39 Å². The summed E-state index contributed by atoms with van der Waals surface area (Å²) in [6, 6.07) is 38.1. The maximum atomic E-state index is 6.41. The van der Waals surface area contributed by atoms with Gasteiger partial charge in [-0.15, -0.1) is 0 Å². The number of rotatable bonds is 3. The standard InChI is InChI=1S/C36H20N4O2/c1-2-10-21(11-3-1)34-38-35(25-15-8-18-28-30(25)24-14-6-7-17-27(24)41-28)40-36(39-34)26-16-9-19-29-31(26)32-33(42-29)23-13-5-4-12-22(23)20-37-32/h1-20H. The third kappa shape index (κ3) is 3.39. The lowest BCUT2D eigenvalue weighted by molar-refractivity contribution is 0.669. The summed E-state index contributed by atoms with van der Waals surface area (Å²) in [5, 5.41) is 4.92. The Kier molecular flexibility index (Phi) is 4.80. The van der Waals surface area contributed by atoms with E-state index in [0.29, 0.717) is 17.5 Å². The van der Waals surface area contributed by atoms with Crippen molar-refractivity contribution in [3.8, 4) is 34.2 Å². The SMILES string of the molecule is c1ccc(-c2nc(-c3cccc4oc5ccccc5c34)nc(-c3cccc4oc5c6ccccc6cnc5c34)n2)cc1. The normalized spacial score (nSPS) is 11.8. The number of fused-ring (bicyclic) bond motifs is 8. The summed E-state index contributed by atoms with van der Waals surface area (Å²) in [4.78, 5) is 20.0. The van der Waals surface area contributed by atoms with Gasteiger partial charge in [0.2, 0.25) is 0 Å². The van der Waals surface area contributed by atoms with Crippen LogP contribution in [0.25, 0.3) is 88.9 Å². The largest absolute Gasteiger partial charge is 0.456 e. The van der Waals surface area contributed by atoms with E-state index in [0.717, 1.165) is 71.5 Å². The Hall–Kier alpha value is -5.88. The van der Waals surface area contributed by atoms with Crippen LogP contribution in [0.4, 0.5) is 0 Å². The smallest absolute Gasteiger partial charge is 0.164 e. The first kappa shape index (κ1) is 22.9. The highest BCUT2D eigenvalue weighted by Crippen LogP contribution is 2.39. The van der Waals surface area contributed by atoms with Crippen LogP contribution in [0, 0.1) is 0 Å². The number of hydrogen-bond acceptors (Lipinski definition) is 6. The lowest BCUT2D eigenvalue weighted by Gasteiger charge is -2.10. The predicted molar refractivity (Wildman–Crippen MR) is 166 cm³/mol. The van der Waals surface area contributed by atoms with Crippen molar-refractivity contribution in [2.45, 2.75) is 0 Å². The van der Waals surface area contributed by atoms with Crippen molar-refractivity contribution in [2.75, 3.05) is 0 Å². The van der Waals surface area contributed by atoms with Gasteiger partial charge in [-0.1, -0.05) is 97.1 Å². The summed E-state index contributed by atoms with van der Waals surface area (Å²) in [6.45, 7) is 0. The van der Waals surface area contributed by atoms with E-state index in [1.54, 1.807) is 0 Å². The molecular weight excluding hydrogens is 520 g/mol. The molecule has 0 saturated carbocycles. The Morgan fingerprint density at radius 1 is 0.452 bits per heavy atom. The molecule has 6 heteroatoms. The van der Waals surface area contributed by atoms with Crippen LogP contribution in [-0.2, 0) is 0 Å². The highest BCUT2D eigenvalue weighted by molar-refractivity contribution is 6.17. The van der Waals surface area contributed by atoms with Crippen LogP contribution >= 0.6 is 0 Å². The molecule has 4 aromatic heterocycles. The van der Waals surface area contributed by atoms with Crippen molar-refractivity contribution >= 4 is 54.8 Å². The topological polar surface area (TPSA) is 77.8 Å². The van der Waals surface area contributed by atoms with E-state index in [4.69, 9.17) is 28.8 Å². The predicted octanol–water partition coefficient (Wildman–Crippen LogP) is 9.22. The van der Waals surface area contributed by atoms with Crippen LogP contribution in [0.1, 0.15) is 0 Å². The quantitative estimate of drug-likeness (QED) is 0.222. The van der Waals surface area contributed by atoms with Gasteiger partial charge in [-0.25, -0.2) is 15.0 Å². The fourth-order valence-corrected chi connectivity index (χ4v) is 5.87. The molecule has 0 saturated heterocycles. The van der Waals surface area contributed by atoms with Gasteiger partial charge >= 0.3 is 0 Å². The Morgan fingerprint density at radius 2 is 1.07 bits per heavy atom. The molecule has 9 rings (SSSR count). The molecule has 0 aliphatic heterocycles. The van der Waals surface area contributed by atoms with Crippen LogP contribution in [0.5, 0.6) is 0 Å². The first-order valence-electron chi connectivity index (χ1n) is 13.7. The van der Waals surface area contributed by atoms with Gasteiger partial charge in [-0.3, -0.25) is 4.98 Å². The van der Waals surface area contributed by atoms with Gasteiger partial charge in [0, 0.05) is 44.4 Å². The summed E-state index contributed by atoms with van der Waals surface area (Å²) in [7, 11) is 0. The molecule has 0 unspecified atom stereocenters. The number of aromatic nitrogens is 4. The van der Waals surface area contributed by atoms with Crippen molar-refractivity contribution < 1.29 is 8.83 Å². The van der Waals surface area contributed by atoms with Gasteiger partial charge in [-0.05, 0) is 18.2 Å². The molecule has 0 spiro atoms. The Balaban J connectivity index is 1.36. The Bertz CT molecular complexity index is 2480. The van der Waals surface area contributed by atoms with Crippen molar-refractivity contribution in [3.63, 3.8) is 0 Å². The molecule has 0 radical (unpaired) electrons. The first-order valence-corrected chi connectivity index (χ1v) is 13.7. The highest BCUT2D eigenvalue weighted by Gasteiger charge is 2.21. The molecule has 0 atom stereocenters. The number of pyridine rings is 1. The summed E-state index contributed by atoms with van der Waals surface area (Å²) >= 11 is 0. The Labute approximate surface area is 238 Å². The maximum absolute atomic E-state index is 6.41. The first-order chi connectivity index (χ1) is 20.8. The number of para-hydroxylation sites is 1. The molecule has 0 amide bonds. The average molecular weight is 541 g/mol. The van der Waals surface area contributed by atoms with Gasteiger partial charge < -0.3 is 8.83 Å². The zero-order valence-corrected chi connectivity index (χ0v) is 22.2.